The molecule has 2 heterocycles. The van der Waals surface area contributed by atoms with Crippen LogP contribution in [0.5, 0.6) is 0 Å². The lowest BCUT2D eigenvalue weighted by Gasteiger charge is -2.31. The predicted molar refractivity (Wildman–Crippen MR) is 112 cm³/mol. The van der Waals surface area contributed by atoms with E-state index in [0.29, 0.717) is 6.61 Å². The zero-order valence-electron chi connectivity index (χ0n) is 16.9. The van der Waals surface area contributed by atoms with Gasteiger partial charge in [0, 0.05) is 38.3 Å². The molecule has 5 heteroatoms. The van der Waals surface area contributed by atoms with E-state index < -0.39 is 5.97 Å². The number of hydrogen-bond acceptors (Lipinski definition) is 3. The summed E-state index contributed by atoms with van der Waals surface area (Å²) >= 11 is 0. The number of benzene rings is 2. The third-order valence-corrected chi connectivity index (χ3v) is 5.79. The Kier molecular flexibility index (Phi) is 4.63. The van der Waals surface area contributed by atoms with Crippen molar-refractivity contribution in [2.75, 3.05) is 25.6 Å². The fraction of sp³-hybridized carbons (Fsp3) is 0.348. The van der Waals surface area contributed by atoms with Gasteiger partial charge in [-0.25, -0.2) is 0 Å². The molecule has 0 bridgehead atoms. The van der Waals surface area contributed by atoms with Crippen molar-refractivity contribution in [1.29, 1.82) is 0 Å². The van der Waals surface area contributed by atoms with Crippen molar-refractivity contribution >= 4 is 22.6 Å². The molecule has 2 aromatic carbocycles. The van der Waals surface area contributed by atoms with E-state index in [9.17, 15) is 9.90 Å². The fourth-order valence-electron chi connectivity index (χ4n) is 4.49. The molecule has 0 saturated heterocycles. The van der Waals surface area contributed by atoms with Gasteiger partial charge in [0.15, 0.2) is 0 Å². The van der Waals surface area contributed by atoms with Gasteiger partial charge in [0.1, 0.15) is 0 Å². The number of aliphatic carboxylic acids is 1. The summed E-state index contributed by atoms with van der Waals surface area (Å²) < 4.78 is 7.79. The summed E-state index contributed by atoms with van der Waals surface area (Å²) in [6, 6.07) is 10.5. The molecular weight excluding hydrogens is 352 g/mol. The van der Waals surface area contributed by atoms with Crippen LogP contribution < -0.4 is 4.90 Å². The van der Waals surface area contributed by atoms with Gasteiger partial charge in [-0.05, 0) is 42.2 Å². The first-order chi connectivity index (χ1) is 13.4. The summed E-state index contributed by atoms with van der Waals surface area (Å²) in [5.74, 6) is -0.807. The van der Waals surface area contributed by atoms with Crippen molar-refractivity contribution in [2.24, 2.45) is 0 Å². The number of nitrogens with zero attached hydrogens (tertiary/aromatic N) is 2. The highest BCUT2D eigenvalue weighted by Gasteiger charge is 2.28. The Labute approximate surface area is 165 Å². The third kappa shape index (κ3) is 2.87. The summed E-state index contributed by atoms with van der Waals surface area (Å²) in [6.45, 7) is 6.45. The maximum Gasteiger partial charge on any atom is 0.307 e. The number of hydrogen-bond donors (Lipinski definition) is 1. The van der Waals surface area contributed by atoms with Gasteiger partial charge in [0.25, 0.3) is 0 Å². The number of likely N-dealkylation sites (N-methyl/N-ethyl adjacent to an activating group) is 1. The molecule has 0 fully saturated rings. The van der Waals surface area contributed by atoms with E-state index in [4.69, 9.17) is 4.74 Å². The first-order valence-corrected chi connectivity index (χ1v) is 9.58. The monoisotopic (exact) mass is 378 g/mol. The molecule has 28 heavy (non-hydrogen) atoms. The number of aryl methyl sites for hydroxylation is 1. The van der Waals surface area contributed by atoms with Crippen LogP contribution in [0.15, 0.2) is 30.3 Å². The zero-order valence-corrected chi connectivity index (χ0v) is 16.9. The number of ether oxygens (including phenoxy) is 1. The van der Waals surface area contributed by atoms with Crippen molar-refractivity contribution < 1.29 is 14.6 Å². The van der Waals surface area contributed by atoms with Crippen molar-refractivity contribution in [2.45, 2.75) is 33.4 Å². The Morgan fingerprint density at radius 2 is 1.89 bits per heavy atom. The quantitative estimate of drug-likeness (QED) is 0.725. The van der Waals surface area contributed by atoms with Crippen molar-refractivity contribution in [3.63, 3.8) is 0 Å². The maximum absolute atomic E-state index is 11.7. The maximum atomic E-state index is 11.7. The molecule has 1 aliphatic rings. The van der Waals surface area contributed by atoms with E-state index in [-0.39, 0.29) is 6.42 Å². The fourth-order valence-corrected chi connectivity index (χ4v) is 4.49. The molecule has 0 spiro atoms. The van der Waals surface area contributed by atoms with E-state index >= 15 is 0 Å². The first kappa shape index (κ1) is 18.6. The van der Waals surface area contributed by atoms with Crippen LogP contribution >= 0.6 is 0 Å². The SMILES string of the molecule is COCc1cc2c(-c3ccc(C)cc3)c(CC(=O)O)c(C)c3c2n1CCN3C. The topological polar surface area (TPSA) is 54.7 Å². The highest BCUT2D eigenvalue weighted by Crippen LogP contribution is 2.44. The minimum atomic E-state index is -0.807. The Bertz CT molecular complexity index is 1060. The Morgan fingerprint density at radius 3 is 2.54 bits per heavy atom. The van der Waals surface area contributed by atoms with E-state index in [1.54, 1.807) is 7.11 Å². The van der Waals surface area contributed by atoms with Crippen LogP contribution in [-0.2, 0) is 29.1 Å². The number of methoxy groups -OCH3 is 1. The molecule has 1 N–H and O–H groups in total. The molecule has 0 atom stereocenters. The highest BCUT2D eigenvalue weighted by molar-refractivity contribution is 6.07. The standard InChI is InChI=1S/C23H26N2O3/c1-14-5-7-16(8-6-14)21-18(12-20(26)27)15(2)22-23-19(21)11-17(13-28-4)25(23)10-9-24(22)3/h5-8,11H,9-10,12-13H2,1-4H3,(H,26,27). The zero-order chi connectivity index (χ0) is 20.0. The van der Waals surface area contributed by atoms with E-state index in [1.165, 1.54) is 11.1 Å². The van der Waals surface area contributed by atoms with Gasteiger partial charge in [-0.1, -0.05) is 29.8 Å². The normalized spacial score (nSPS) is 13.4. The number of carbonyl (C=O) groups is 1. The average Bonchev–Trinajstić information content (AvgIpc) is 3.00. The second-order valence-electron chi connectivity index (χ2n) is 7.67. The van der Waals surface area contributed by atoms with Gasteiger partial charge in [-0.15, -0.1) is 0 Å². The van der Waals surface area contributed by atoms with Gasteiger partial charge in [-0.2, -0.15) is 0 Å². The van der Waals surface area contributed by atoms with Gasteiger partial charge in [0.2, 0.25) is 0 Å². The molecule has 4 rings (SSSR count). The van der Waals surface area contributed by atoms with E-state index in [1.807, 2.05) is 0 Å². The first-order valence-electron chi connectivity index (χ1n) is 9.58. The molecule has 0 radical (unpaired) electrons. The number of carboxylic acids is 1. The molecule has 5 nitrogen and oxygen atoms in total. The summed E-state index contributed by atoms with van der Waals surface area (Å²) in [5, 5.41) is 10.7. The molecule has 146 valence electrons. The second kappa shape index (κ2) is 6.99. The number of anilines is 1. The Morgan fingerprint density at radius 1 is 1.18 bits per heavy atom. The summed E-state index contributed by atoms with van der Waals surface area (Å²) in [5.41, 5.74) is 8.68. The lowest BCUT2D eigenvalue weighted by Crippen LogP contribution is -2.29. The minimum absolute atomic E-state index is 0.0105. The van der Waals surface area contributed by atoms with E-state index in [2.05, 4.69) is 60.7 Å². The Balaban J connectivity index is 2.13. The van der Waals surface area contributed by atoms with Crippen LogP contribution in [0.3, 0.4) is 0 Å². The molecule has 1 aliphatic heterocycles. The largest absolute Gasteiger partial charge is 0.481 e. The summed E-state index contributed by atoms with van der Waals surface area (Å²) in [4.78, 5) is 14.0. The van der Waals surface area contributed by atoms with Crippen LogP contribution in [0.25, 0.3) is 22.0 Å². The van der Waals surface area contributed by atoms with Gasteiger partial charge < -0.3 is 19.3 Å². The average molecular weight is 378 g/mol. The molecule has 3 aromatic rings. The molecule has 1 aromatic heterocycles. The lowest BCUT2D eigenvalue weighted by atomic mass is 9.88. The molecule has 0 aliphatic carbocycles. The summed E-state index contributed by atoms with van der Waals surface area (Å²) in [6.07, 6.45) is 0.0105. The highest BCUT2D eigenvalue weighted by atomic mass is 16.5. The van der Waals surface area contributed by atoms with E-state index in [0.717, 1.165) is 52.1 Å². The number of carboxylic acid groups (broad SMARTS) is 1. The minimum Gasteiger partial charge on any atom is -0.481 e. The van der Waals surface area contributed by atoms with Crippen molar-refractivity contribution in [3.05, 3.63) is 52.7 Å². The molecule has 0 amide bonds. The number of rotatable bonds is 5. The van der Waals surface area contributed by atoms with Gasteiger partial charge >= 0.3 is 5.97 Å². The van der Waals surface area contributed by atoms with Crippen LogP contribution in [-0.4, -0.2) is 36.3 Å². The van der Waals surface area contributed by atoms with Crippen LogP contribution in [0.1, 0.15) is 22.4 Å². The molecular formula is C23H26N2O3. The van der Waals surface area contributed by atoms with Crippen molar-refractivity contribution in [1.82, 2.24) is 4.57 Å². The second-order valence-corrected chi connectivity index (χ2v) is 7.67. The van der Waals surface area contributed by atoms with Crippen molar-refractivity contribution in [3.8, 4) is 11.1 Å². The molecule has 0 unspecified atom stereocenters. The van der Waals surface area contributed by atoms with Crippen LogP contribution in [0, 0.1) is 13.8 Å². The van der Waals surface area contributed by atoms with Crippen LogP contribution in [0.2, 0.25) is 0 Å². The van der Waals surface area contributed by atoms with Gasteiger partial charge in [0.05, 0.1) is 24.2 Å². The summed E-state index contributed by atoms with van der Waals surface area (Å²) in [7, 11) is 3.80. The predicted octanol–water partition coefficient (Wildman–Crippen LogP) is 4.15. The smallest absolute Gasteiger partial charge is 0.307 e. The van der Waals surface area contributed by atoms with Crippen LogP contribution in [0.4, 0.5) is 5.69 Å². The molecule has 0 saturated carbocycles. The third-order valence-electron chi connectivity index (χ3n) is 5.79. The lowest BCUT2D eigenvalue weighted by molar-refractivity contribution is -0.136. The number of aromatic nitrogens is 1. The van der Waals surface area contributed by atoms with Gasteiger partial charge in [-0.3, -0.25) is 4.79 Å². The Hall–Kier alpha value is -2.79.